The Morgan fingerprint density at radius 1 is 1.03 bits per heavy atom. The zero-order chi connectivity index (χ0) is 19.6. The van der Waals surface area contributed by atoms with Crippen molar-refractivity contribution in [1.82, 2.24) is 14.7 Å². The molecule has 0 aliphatic heterocycles. The SMILES string of the molecule is Cn1nc(CN(C(=O)CC23CC4CC(CC(C4)C2)C3)C2CCCC2)c2c1CCC2. The van der Waals surface area contributed by atoms with Gasteiger partial charge in [0, 0.05) is 25.2 Å². The van der Waals surface area contributed by atoms with Gasteiger partial charge >= 0.3 is 0 Å². The van der Waals surface area contributed by atoms with Crippen LogP contribution in [0.3, 0.4) is 0 Å². The fourth-order valence-electron chi connectivity index (χ4n) is 8.55. The molecule has 0 saturated heterocycles. The van der Waals surface area contributed by atoms with Gasteiger partial charge in [0.1, 0.15) is 0 Å². The number of nitrogens with zero attached hydrogens (tertiary/aromatic N) is 3. The normalized spacial score (nSPS) is 35.4. The number of aryl methyl sites for hydroxylation is 1. The molecule has 0 spiro atoms. The molecule has 0 atom stereocenters. The second-order valence-electron chi connectivity index (χ2n) is 11.4. The molecule has 5 fully saturated rings. The third kappa shape index (κ3) is 3.16. The van der Waals surface area contributed by atoms with Crippen LogP contribution in [0.15, 0.2) is 0 Å². The van der Waals surface area contributed by atoms with E-state index >= 15 is 0 Å². The van der Waals surface area contributed by atoms with Gasteiger partial charge in [0.25, 0.3) is 0 Å². The van der Waals surface area contributed by atoms with Gasteiger partial charge in [-0.3, -0.25) is 9.48 Å². The van der Waals surface area contributed by atoms with Crippen molar-refractivity contribution in [3.63, 3.8) is 0 Å². The molecule has 6 aliphatic carbocycles. The van der Waals surface area contributed by atoms with Crippen molar-refractivity contribution in [3.8, 4) is 0 Å². The second kappa shape index (κ2) is 6.85. The summed E-state index contributed by atoms with van der Waals surface area (Å²) in [7, 11) is 2.09. The molecule has 4 bridgehead atoms. The molecule has 0 unspecified atom stereocenters. The maximum atomic E-state index is 13.8. The lowest BCUT2D eigenvalue weighted by molar-refractivity contribution is -0.142. The first-order valence-corrected chi connectivity index (χ1v) is 12.4. The molecule has 0 aromatic carbocycles. The summed E-state index contributed by atoms with van der Waals surface area (Å²) >= 11 is 0. The van der Waals surface area contributed by atoms with Crippen molar-refractivity contribution in [2.45, 2.75) is 102 Å². The topological polar surface area (TPSA) is 38.1 Å². The van der Waals surface area contributed by atoms with E-state index in [1.165, 1.54) is 87.6 Å². The van der Waals surface area contributed by atoms with Crippen molar-refractivity contribution in [1.29, 1.82) is 0 Å². The molecule has 5 saturated carbocycles. The summed E-state index contributed by atoms with van der Waals surface area (Å²) in [6, 6.07) is 0.454. The highest BCUT2D eigenvalue weighted by molar-refractivity contribution is 5.77. The molecule has 7 rings (SSSR count). The molecule has 6 aliphatic rings. The highest BCUT2D eigenvalue weighted by Crippen LogP contribution is 2.61. The second-order valence-corrected chi connectivity index (χ2v) is 11.4. The van der Waals surface area contributed by atoms with Gasteiger partial charge in [-0.1, -0.05) is 12.8 Å². The van der Waals surface area contributed by atoms with E-state index in [1.54, 1.807) is 0 Å². The Morgan fingerprint density at radius 3 is 2.34 bits per heavy atom. The molecule has 158 valence electrons. The number of hydrogen-bond donors (Lipinski definition) is 0. The fraction of sp³-hybridized carbons (Fsp3) is 0.840. The zero-order valence-corrected chi connectivity index (χ0v) is 18.2. The molecule has 1 amide bonds. The third-order valence-electron chi connectivity index (χ3n) is 9.30. The van der Waals surface area contributed by atoms with Crippen LogP contribution in [0.25, 0.3) is 0 Å². The Bertz CT molecular complexity index is 768. The van der Waals surface area contributed by atoms with Crippen molar-refractivity contribution < 1.29 is 4.79 Å². The van der Waals surface area contributed by atoms with Crippen LogP contribution in [0.1, 0.15) is 94.0 Å². The van der Waals surface area contributed by atoms with Crippen LogP contribution in [-0.2, 0) is 31.2 Å². The number of rotatable bonds is 5. The summed E-state index contributed by atoms with van der Waals surface area (Å²) in [5, 5.41) is 4.88. The van der Waals surface area contributed by atoms with E-state index < -0.39 is 0 Å². The van der Waals surface area contributed by atoms with Gasteiger partial charge in [-0.25, -0.2) is 0 Å². The average Bonchev–Trinajstić information content (AvgIpc) is 3.38. The van der Waals surface area contributed by atoms with E-state index in [4.69, 9.17) is 5.10 Å². The van der Waals surface area contributed by atoms with Crippen LogP contribution in [0.4, 0.5) is 0 Å². The highest BCUT2D eigenvalue weighted by atomic mass is 16.2. The monoisotopic (exact) mass is 395 g/mol. The number of amides is 1. The predicted molar refractivity (Wildman–Crippen MR) is 113 cm³/mol. The first-order chi connectivity index (χ1) is 14.1. The summed E-state index contributed by atoms with van der Waals surface area (Å²) in [6.45, 7) is 0.763. The average molecular weight is 396 g/mol. The summed E-state index contributed by atoms with van der Waals surface area (Å²) in [5.74, 6) is 3.23. The van der Waals surface area contributed by atoms with E-state index in [9.17, 15) is 4.79 Å². The minimum absolute atomic E-state index is 0.342. The lowest BCUT2D eigenvalue weighted by Gasteiger charge is -2.57. The largest absolute Gasteiger partial charge is 0.334 e. The Hall–Kier alpha value is -1.32. The van der Waals surface area contributed by atoms with Gasteiger partial charge < -0.3 is 4.90 Å². The predicted octanol–water partition coefficient (Wildman–Crippen LogP) is 4.79. The summed E-state index contributed by atoms with van der Waals surface area (Å²) < 4.78 is 2.09. The number of fused-ring (bicyclic) bond motifs is 1. The summed E-state index contributed by atoms with van der Waals surface area (Å²) in [5.41, 5.74) is 4.41. The number of aromatic nitrogens is 2. The maximum absolute atomic E-state index is 13.8. The Labute approximate surface area is 175 Å². The lowest BCUT2D eigenvalue weighted by Crippen LogP contribution is -2.49. The third-order valence-corrected chi connectivity index (χ3v) is 9.30. The van der Waals surface area contributed by atoms with Crippen LogP contribution in [0.5, 0.6) is 0 Å². The molecular weight excluding hydrogens is 358 g/mol. The number of hydrogen-bond acceptors (Lipinski definition) is 2. The quantitative estimate of drug-likeness (QED) is 0.719. The summed E-state index contributed by atoms with van der Waals surface area (Å²) in [6.07, 6.45) is 17.7. The molecule has 1 aromatic rings. The summed E-state index contributed by atoms with van der Waals surface area (Å²) in [4.78, 5) is 16.1. The van der Waals surface area contributed by atoms with Gasteiger partial charge in [-0.05, 0) is 99.4 Å². The van der Waals surface area contributed by atoms with Gasteiger partial charge in [-0.2, -0.15) is 5.10 Å². The first-order valence-electron chi connectivity index (χ1n) is 12.4. The van der Waals surface area contributed by atoms with E-state index in [1.807, 2.05) is 0 Å². The van der Waals surface area contributed by atoms with Crippen LogP contribution in [0.2, 0.25) is 0 Å². The van der Waals surface area contributed by atoms with Crippen molar-refractivity contribution >= 4 is 5.91 Å². The van der Waals surface area contributed by atoms with Crippen molar-refractivity contribution in [3.05, 3.63) is 17.0 Å². The Balaban J connectivity index is 1.24. The van der Waals surface area contributed by atoms with Crippen LogP contribution in [-0.4, -0.2) is 26.6 Å². The number of carbonyl (C=O) groups is 1. The van der Waals surface area contributed by atoms with E-state index in [-0.39, 0.29) is 0 Å². The van der Waals surface area contributed by atoms with E-state index in [0.29, 0.717) is 17.4 Å². The van der Waals surface area contributed by atoms with Gasteiger partial charge in [0.05, 0.1) is 12.2 Å². The molecule has 0 N–H and O–H groups in total. The van der Waals surface area contributed by atoms with E-state index in [0.717, 1.165) is 43.6 Å². The minimum Gasteiger partial charge on any atom is -0.334 e. The first kappa shape index (κ1) is 18.4. The molecule has 1 heterocycles. The standard InChI is InChI=1S/C25H37N3O/c1-27-23-8-4-7-21(23)22(26-27)16-28(20-5-2-3-6-20)24(29)15-25-12-17-9-18(13-25)11-19(10-17)14-25/h17-20H,2-16H2,1H3. The van der Waals surface area contributed by atoms with Crippen LogP contribution >= 0.6 is 0 Å². The highest BCUT2D eigenvalue weighted by Gasteiger charge is 2.52. The zero-order valence-electron chi connectivity index (χ0n) is 18.2. The lowest BCUT2D eigenvalue weighted by atomic mass is 9.49. The minimum atomic E-state index is 0.342. The van der Waals surface area contributed by atoms with E-state index in [2.05, 4.69) is 16.6 Å². The van der Waals surface area contributed by atoms with Crippen LogP contribution < -0.4 is 0 Å². The van der Waals surface area contributed by atoms with Crippen LogP contribution in [0, 0.1) is 23.2 Å². The van der Waals surface area contributed by atoms with Crippen molar-refractivity contribution in [2.24, 2.45) is 30.2 Å². The molecule has 1 aromatic heterocycles. The fourth-order valence-corrected chi connectivity index (χ4v) is 8.55. The Morgan fingerprint density at radius 2 is 1.69 bits per heavy atom. The molecule has 4 nitrogen and oxygen atoms in total. The smallest absolute Gasteiger partial charge is 0.223 e. The van der Waals surface area contributed by atoms with Gasteiger partial charge in [0.15, 0.2) is 0 Å². The molecular formula is C25H37N3O. The number of carbonyl (C=O) groups excluding carboxylic acids is 1. The van der Waals surface area contributed by atoms with Gasteiger partial charge in [0.2, 0.25) is 5.91 Å². The molecule has 4 heteroatoms. The van der Waals surface area contributed by atoms with Crippen molar-refractivity contribution in [2.75, 3.05) is 0 Å². The molecule has 29 heavy (non-hydrogen) atoms. The van der Waals surface area contributed by atoms with Gasteiger partial charge in [-0.15, -0.1) is 0 Å². The molecule has 0 radical (unpaired) electrons. The maximum Gasteiger partial charge on any atom is 0.223 e. The Kier molecular flexibility index (Phi) is 4.36.